The Morgan fingerprint density at radius 3 is 3.04 bits per heavy atom. The molecule has 4 rings (SSSR count). The van der Waals surface area contributed by atoms with Gasteiger partial charge in [0, 0.05) is 29.6 Å². The first-order valence-corrected chi connectivity index (χ1v) is 8.71. The molecule has 0 aliphatic rings. The maximum atomic E-state index is 8.86. The van der Waals surface area contributed by atoms with E-state index >= 15 is 0 Å². The molecule has 0 radical (unpaired) electrons. The number of benzene rings is 1. The molecule has 3 heterocycles. The first kappa shape index (κ1) is 17.7. The summed E-state index contributed by atoms with van der Waals surface area (Å²) in [7, 11) is 0. The highest BCUT2D eigenvalue weighted by Gasteiger charge is 2.11. The summed E-state index contributed by atoms with van der Waals surface area (Å²) < 4.78 is 1.70. The van der Waals surface area contributed by atoms with E-state index in [-0.39, 0.29) is 6.61 Å². The first-order valence-electron chi connectivity index (χ1n) is 8.71. The molecule has 9 nitrogen and oxygen atoms in total. The van der Waals surface area contributed by atoms with E-state index in [0.29, 0.717) is 35.7 Å². The summed E-state index contributed by atoms with van der Waals surface area (Å²) in [4.78, 5) is 17.3. The van der Waals surface area contributed by atoms with Crippen molar-refractivity contribution in [1.82, 2.24) is 29.9 Å². The fourth-order valence-corrected chi connectivity index (χ4v) is 2.81. The lowest BCUT2D eigenvalue weighted by Crippen LogP contribution is -2.05. The van der Waals surface area contributed by atoms with Crippen LogP contribution in [0.1, 0.15) is 11.3 Å². The Labute approximate surface area is 160 Å². The lowest BCUT2D eigenvalue weighted by Gasteiger charge is -2.05. The van der Waals surface area contributed by atoms with E-state index < -0.39 is 0 Å². The normalized spacial score (nSPS) is 12.4. The van der Waals surface area contributed by atoms with Crippen LogP contribution in [0, 0.1) is 0 Å². The van der Waals surface area contributed by atoms with Gasteiger partial charge in [-0.2, -0.15) is 0 Å². The molecule has 0 saturated heterocycles. The van der Waals surface area contributed by atoms with E-state index in [4.69, 9.17) is 10.8 Å². The number of pyridine rings is 1. The van der Waals surface area contributed by atoms with Crippen LogP contribution >= 0.6 is 0 Å². The summed E-state index contributed by atoms with van der Waals surface area (Å²) in [6, 6.07) is 9.99. The van der Waals surface area contributed by atoms with Gasteiger partial charge in [-0.25, -0.2) is 14.6 Å². The molecule has 0 bridgehead atoms. The van der Waals surface area contributed by atoms with Crippen LogP contribution in [-0.4, -0.2) is 54.4 Å². The summed E-state index contributed by atoms with van der Waals surface area (Å²) in [6.07, 6.45) is 6.32. The SMILES string of the molecule is NC=C(C=NCCO)c1cnc2nnn(Cc3ccc4ncccc4c3)c2n1. The van der Waals surface area contributed by atoms with E-state index in [2.05, 4.69) is 36.3 Å². The molecule has 28 heavy (non-hydrogen) atoms. The van der Waals surface area contributed by atoms with Gasteiger partial charge in [0.05, 0.1) is 37.1 Å². The molecule has 0 unspecified atom stereocenters. The number of aliphatic imine (C=N–C) groups is 1. The average Bonchev–Trinajstić information content (AvgIpc) is 3.13. The van der Waals surface area contributed by atoms with Crippen LogP contribution in [0.5, 0.6) is 0 Å². The topological polar surface area (TPSA) is 128 Å². The molecule has 4 aromatic rings. The molecule has 0 atom stereocenters. The van der Waals surface area contributed by atoms with Gasteiger partial charge in [0.1, 0.15) is 0 Å². The van der Waals surface area contributed by atoms with Gasteiger partial charge in [-0.3, -0.25) is 9.98 Å². The minimum atomic E-state index is -0.0307. The van der Waals surface area contributed by atoms with Crippen LogP contribution < -0.4 is 5.73 Å². The van der Waals surface area contributed by atoms with Crippen LogP contribution in [0.25, 0.3) is 27.8 Å². The Kier molecular flexibility index (Phi) is 4.98. The van der Waals surface area contributed by atoms with Gasteiger partial charge in [0.25, 0.3) is 0 Å². The number of nitrogens with two attached hydrogens (primary N) is 1. The van der Waals surface area contributed by atoms with Crippen molar-refractivity contribution in [2.45, 2.75) is 6.54 Å². The monoisotopic (exact) mass is 374 g/mol. The van der Waals surface area contributed by atoms with Crippen molar-refractivity contribution in [2.24, 2.45) is 10.7 Å². The van der Waals surface area contributed by atoms with Gasteiger partial charge >= 0.3 is 0 Å². The second kappa shape index (κ2) is 7.89. The number of allylic oxidation sites excluding steroid dienone is 1. The van der Waals surface area contributed by atoms with Crippen molar-refractivity contribution in [3.8, 4) is 0 Å². The second-order valence-electron chi connectivity index (χ2n) is 6.06. The van der Waals surface area contributed by atoms with Gasteiger partial charge in [-0.05, 0) is 23.8 Å². The summed E-state index contributed by atoms with van der Waals surface area (Å²) in [6.45, 7) is 0.764. The van der Waals surface area contributed by atoms with E-state index in [1.54, 1.807) is 23.3 Å². The molecule has 3 aromatic heterocycles. The van der Waals surface area contributed by atoms with Crippen molar-refractivity contribution >= 4 is 34.0 Å². The Hall–Kier alpha value is -3.72. The molecule has 1 aromatic carbocycles. The maximum Gasteiger partial charge on any atom is 0.221 e. The van der Waals surface area contributed by atoms with E-state index in [1.165, 1.54) is 6.20 Å². The minimum Gasteiger partial charge on any atom is -0.404 e. The standard InChI is InChI=1S/C19H18N8O/c20-9-15(10-21-6-7-28)17-11-23-18-19(24-17)27(26-25-18)12-13-3-4-16-14(8-13)2-1-5-22-16/h1-5,8-11,28H,6-7,12,20H2. The highest BCUT2D eigenvalue weighted by Crippen LogP contribution is 2.16. The lowest BCUT2D eigenvalue weighted by molar-refractivity contribution is 0.307. The predicted molar refractivity (Wildman–Crippen MR) is 107 cm³/mol. The highest BCUT2D eigenvalue weighted by atomic mass is 16.3. The zero-order valence-electron chi connectivity index (χ0n) is 15.0. The Bertz CT molecular complexity index is 1180. The summed E-state index contributed by atoms with van der Waals surface area (Å²) >= 11 is 0. The Morgan fingerprint density at radius 1 is 1.25 bits per heavy atom. The minimum absolute atomic E-state index is 0.0307. The molecule has 3 N–H and O–H groups in total. The smallest absolute Gasteiger partial charge is 0.221 e. The summed E-state index contributed by atoms with van der Waals surface area (Å²) in [5.74, 6) is 0. The molecule has 0 saturated carbocycles. The zero-order chi connectivity index (χ0) is 19.3. The molecular formula is C19H18N8O. The van der Waals surface area contributed by atoms with Crippen molar-refractivity contribution < 1.29 is 5.11 Å². The molecule has 0 fully saturated rings. The van der Waals surface area contributed by atoms with Gasteiger partial charge in [-0.1, -0.05) is 17.3 Å². The number of hydrogen-bond acceptors (Lipinski definition) is 8. The van der Waals surface area contributed by atoms with Gasteiger partial charge in [-0.15, -0.1) is 5.10 Å². The van der Waals surface area contributed by atoms with Gasteiger partial charge in [0.15, 0.2) is 5.65 Å². The lowest BCUT2D eigenvalue weighted by atomic mass is 10.1. The van der Waals surface area contributed by atoms with Crippen molar-refractivity contribution in [3.05, 3.63) is 60.2 Å². The number of aliphatic hydroxyl groups is 1. The van der Waals surface area contributed by atoms with Gasteiger partial charge < -0.3 is 10.8 Å². The maximum absolute atomic E-state index is 8.86. The Balaban J connectivity index is 1.67. The highest BCUT2D eigenvalue weighted by molar-refractivity contribution is 6.09. The Morgan fingerprint density at radius 2 is 2.18 bits per heavy atom. The fourth-order valence-electron chi connectivity index (χ4n) is 2.81. The van der Waals surface area contributed by atoms with Crippen LogP contribution in [0.4, 0.5) is 0 Å². The number of nitrogens with zero attached hydrogens (tertiary/aromatic N) is 7. The van der Waals surface area contributed by atoms with E-state index in [0.717, 1.165) is 16.5 Å². The van der Waals surface area contributed by atoms with E-state index in [9.17, 15) is 0 Å². The first-order chi connectivity index (χ1) is 13.8. The van der Waals surface area contributed by atoms with Crippen LogP contribution in [0.2, 0.25) is 0 Å². The largest absolute Gasteiger partial charge is 0.404 e. The second-order valence-corrected chi connectivity index (χ2v) is 6.06. The number of rotatable bonds is 6. The third-order valence-corrected chi connectivity index (χ3v) is 4.16. The summed E-state index contributed by atoms with van der Waals surface area (Å²) in [5.41, 5.74) is 9.86. The van der Waals surface area contributed by atoms with E-state index in [1.807, 2.05) is 24.3 Å². The molecule has 140 valence electrons. The van der Waals surface area contributed by atoms with Crippen molar-refractivity contribution in [1.29, 1.82) is 0 Å². The fraction of sp³-hybridized carbons (Fsp3) is 0.158. The van der Waals surface area contributed by atoms with Crippen LogP contribution in [0.15, 0.2) is 53.9 Å². The average molecular weight is 374 g/mol. The summed E-state index contributed by atoms with van der Waals surface area (Å²) in [5, 5.41) is 18.2. The molecule has 0 aliphatic heterocycles. The number of aromatic nitrogens is 6. The van der Waals surface area contributed by atoms with Crippen molar-refractivity contribution in [2.75, 3.05) is 13.2 Å². The number of hydrogen-bond donors (Lipinski definition) is 2. The third-order valence-electron chi connectivity index (χ3n) is 4.16. The van der Waals surface area contributed by atoms with Gasteiger partial charge in [0.2, 0.25) is 5.65 Å². The zero-order valence-corrected chi connectivity index (χ0v) is 15.0. The quantitative estimate of drug-likeness (QED) is 0.485. The van der Waals surface area contributed by atoms with Crippen LogP contribution in [0.3, 0.4) is 0 Å². The molecule has 0 aliphatic carbocycles. The van der Waals surface area contributed by atoms with Crippen LogP contribution in [-0.2, 0) is 6.54 Å². The molecule has 0 amide bonds. The number of fused-ring (bicyclic) bond motifs is 2. The predicted octanol–water partition coefficient (Wildman–Crippen LogP) is 1.18. The number of aliphatic hydroxyl groups excluding tert-OH is 1. The molecular weight excluding hydrogens is 356 g/mol. The molecule has 0 spiro atoms. The third kappa shape index (κ3) is 3.55. The van der Waals surface area contributed by atoms with Crippen molar-refractivity contribution in [3.63, 3.8) is 0 Å². The molecule has 9 heteroatoms.